The van der Waals surface area contributed by atoms with Gasteiger partial charge in [0, 0.05) is 20.2 Å². The number of rotatable bonds is 1. The van der Waals surface area contributed by atoms with E-state index >= 15 is 0 Å². The van der Waals surface area contributed by atoms with E-state index in [4.69, 9.17) is 0 Å². The van der Waals surface area contributed by atoms with Crippen molar-refractivity contribution in [1.29, 1.82) is 0 Å². The zero-order valence-corrected chi connectivity index (χ0v) is 12.9. The maximum absolute atomic E-state index is 2.30. The van der Waals surface area contributed by atoms with E-state index in [0.29, 0.717) is 0 Å². The molecule has 3 aromatic rings. The molecule has 0 atom stereocenters. The molecule has 0 unspecified atom stereocenters. The standard InChI is InChI=1S/C18H20S/c1-5-12-8-6-11-15-16(12)13-9-7-10-14(17(13)19-15)18(2,3)4/h6-11H,5H2,1-4H3. The molecule has 0 radical (unpaired) electrons. The summed E-state index contributed by atoms with van der Waals surface area (Å²) in [7, 11) is 0. The molecule has 2 aromatic carbocycles. The Hall–Kier alpha value is -1.34. The molecule has 19 heavy (non-hydrogen) atoms. The highest BCUT2D eigenvalue weighted by molar-refractivity contribution is 7.26. The van der Waals surface area contributed by atoms with Crippen LogP contribution >= 0.6 is 11.3 Å². The molecular weight excluding hydrogens is 248 g/mol. The Kier molecular flexibility index (Phi) is 2.90. The van der Waals surface area contributed by atoms with Crippen molar-refractivity contribution in [3.8, 4) is 0 Å². The molecule has 1 heterocycles. The number of fused-ring (bicyclic) bond motifs is 3. The first-order chi connectivity index (χ1) is 9.02. The minimum Gasteiger partial charge on any atom is -0.135 e. The summed E-state index contributed by atoms with van der Waals surface area (Å²) >= 11 is 1.94. The van der Waals surface area contributed by atoms with Gasteiger partial charge in [-0.1, -0.05) is 58.0 Å². The van der Waals surface area contributed by atoms with E-state index in [-0.39, 0.29) is 5.41 Å². The van der Waals surface area contributed by atoms with Crippen LogP contribution < -0.4 is 0 Å². The quantitative estimate of drug-likeness (QED) is 0.514. The normalized spacial score (nSPS) is 12.4. The molecule has 0 saturated heterocycles. The summed E-state index contributed by atoms with van der Waals surface area (Å²) in [4.78, 5) is 0. The summed E-state index contributed by atoms with van der Waals surface area (Å²) in [5, 5.41) is 2.90. The van der Waals surface area contributed by atoms with E-state index in [9.17, 15) is 0 Å². The lowest BCUT2D eigenvalue weighted by atomic mass is 9.86. The zero-order valence-electron chi connectivity index (χ0n) is 12.1. The number of benzene rings is 2. The van der Waals surface area contributed by atoms with E-state index in [1.54, 1.807) is 0 Å². The number of thiophene rings is 1. The van der Waals surface area contributed by atoms with Crippen LogP contribution in [-0.2, 0) is 11.8 Å². The maximum atomic E-state index is 2.30. The van der Waals surface area contributed by atoms with Crippen LogP contribution in [0.15, 0.2) is 36.4 Å². The molecule has 0 aliphatic rings. The van der Waals surface area contributed by atoms with E-state index in [1.165, 1.54) is 31.3 Å². The second-order valence-corrected chi connectivity index (χ2v) is 7.23. The number of aryl methyl sites for hydroxylation is 1. The van der Waals surface area contributed by atoms with E-state index in [1.807, 2.05) is 11.3 Å². The fourth-order valence-corrected chi connectivity index (χ4v) is 4.28. The lowest BCUT2D eigenvalue weighted by Crippen LogP contribution is -2.10. The van der Waals surface area contributed by atoms with Gasteiger partial charge in [-0.3, -0.25) is 0 Å². The Balaban J connectivity index is 2.48. The first kappa shape index (κ1) is 12.7. The van der Waals surface area contributed by atoms with Gasteiger partial charge in [0.05, 0.1) is 0 Å². The lowest BCUT2D eigenvalue weighted by Gasteiger charge is -2.19. The largest absolute Gasteiger partial charge is 0.135 e. The highest BCUT2D eigenvalue weighted by Crippen LogP contribution is 2.41. The first-order valence-electron chi connectivity index (χ1n) is 6.96. The van der Waals surface area contributed by atoms with Crippen LogP contribution in [0.2, 0.25) is 0 Å². The van der Waals surface area contributed by atoms with Gasteiger partial charge in [-0.2, -0.15) is 0 Å². The minimum absolute atomic E-state index is 0.201. The molecule has 98 valence electrons. The van der Waals surface area contributed by atoms with Gasteiger partial charge < -0.3 is 0 Å². The van der Waals surface area contributed by atoms with Gasteiger partial charge >= 0.3 is 0 Å². The van der Waals surface area contributed by atoms with Crippen molar-refractivity contribution in [3.05, 3.63) is 47.5 Å². The van der Waals surface area contributed by atoms with Crippen molar-refractivity contribution in [2.45, 2.75) is 39.5 Å². The SMILES string of the molecule is CCc1cccc2sc3c(C(C)(C)C)cccc3c12. The molecule has 0 fully saturated rings. The molecule has 0 aliphatic carbocycles. The van der Waals surface area contributed by atoms with Crippen LogP contribution in [0.4, 0.5) is 0 Å². The Labute approximate surface area is 119 Å². The van der Waals surface area contributed by atoms with Gasteiger partial charge in [0.2, 0.25) is 0 Å². The Morgan fingerprint density at radius 1 is 1.00 bits per heavy atom. The smallest absolute Gasteiger partial charge is 0.0392 e. The third kappa shape index (κ3) is 1.97. The zero-order chi connectivity index (χ0) is 13.6. The summed E-state index contributed by atoms with van der Waals surface area (Å²) in [5.74, 6) is 0. The van der Waals surface area contributed by atoms with E-state index in [0.717, 1.165) is 6.42 Å². The van der Waals surface area contributed by atoms with Crippen molar-refractivity contribution in [2.24, 2.45) is 0 Å². The molecule has 0 amide bonds. The summed E-state index contributed by atoms with van der Waals surface area (Å²) in [5.41, 5.74) is 3.13. The predicted molar refractivity (Wildman–Crippen MR) is 87.4 cm³/mol. The van der Waals surface area contributed by atoms with Crippen LogP contribution in [-0.4, -0.2) is 0 Å². The molecular formula is C18H20S. The van der Waals surface area contributed by atoms with Gasteiger partial charge in [0.15, 0.2) is 0 Å². The highest BCUT2D eigenvalue weighted by atomic mass is 32.1. The molecule has 1 heteroatoms. The average Bonchev–Trinajstić information content (AvgIpc) is 2.75. The van der Waals surface area contributed by atoms with Gasteiger partial charge in [-0.25, -0.2) is 0 Å². The van der Waals surface area contributed by atoms with Crippen molar-refractivity contribution in [2.75, 3.05) is 0 Å². The van der Waals surface area contributed by atoms with Gasteiger partial charge in [0.1, 0.15) is 0 Å². The Bertz CT molecular complexity index is 741. The first-order valence-corrected chi connectivity index (χ1v) is 7.77. The third-order valence-corrected chi connectivity index (χ3v) is 5.00. The molecule has 3 rings (SSSR count). The van der Waals surface area contributed by atoms with Crippen LogP contribution in [0.1, 0.15) is 38.8 Å². The van der Waals surface area contributed by atoms with E-state index in [2.05, 4.69) is 64.1 Å². The molecule has 0 nitrogen and oxygen atoms in total. The summed E-state index contributed by atoms with van der Waals surface area (Å²) in [6, 6.07) is 13.5. The topological polar surface area (TPSA) is 0 Å². The van der Waals surface area contributed by atoms with Gasteiger partial charge in [-0.05, 0) is 29.0 Å². The molecule has 0 bridgehead atoms. The fraction of sp³-hybridized carbons (Fsp3) is 0.333. The molecule has 0 spiro atoms. The molecule has 0 aliphatic heterocycles. The van der Waals surface area contributed by atoms with E-state index < -0.39 is 0 Å². The lowest BCUT2D eigenvalue weighted by molar-refractivity contribution is 0.597. The second-order valence-electron chi connectivity index (χ2n) is 6.18. The van der Waals surface area contributed by atoms with Crippen LogP contribution in [0.25, 0.3) is 20.2 Å². The molecule has 1 aromatic heterocycles. The highest BCUT2D eigenvalue weighted by Gasteiger charge is 2.19. The number of hydrogen-bond donors (Lipinski definition) is 0. The fourth-order valence-electron chi connectivity index (χ4n) is 2.81. The number of hydrogen-bond acceptors (Lipinski definition) is 1. The molecule has 0 saturated carbocycles. The Morgan fingerprint density at radius 3 is 2.42 bits per heavy atom. The van der Waals surface area contributed by atoms with Gasteiger partial charge in [0.25, 0.3) is 0 Å². The van der Waals surface area contributed by atoms with Crippen LogP contribution in [0, 0.1) is 0 Å². The second kappa shape index (κ2) is 4.35. The summed E-state index contributed by atoms with van der Waals surface area (Å²) in [6.45, 7) is 9.14. The maximum Gasteiger partial charge on any atom is 0.0392 e. The van der Waals surface area contributed by atoms with Crippen molar-refractivity contribution in [3.63, 3.8) is 0 Å². The Morgan fingerprint density at radius 2 is 1.74 bits per heavy atom. The van der Waals surface area contributed by atoms with Crippen molar-refractivity contribution < 1.29 is 0 Å². The minimum atomic E-state index is 0.201. The monoisotopic (exact) mass is 268 g/mol. The van der Waals surface area contributed by atoms with Crippen molar-refractivity contribution >= 4 is 31.5 Å². The van der Waals surface area contributed by atoms with Crippen molar-refractivity contribution in [1.82, 2.24) is 0 Å². The van der Waals surface area contributed by atoms with Crippen LogP contribution in [0.5, 0.6) is 0 Å². The summed E-state index contributed by atoms with van der Waals surface area (Å²) < 4.78 is 2.89. The predicted octanol–water partition coefficient (Wildman–Crippen LogP) is 5.91. The third-order valence-electron chi connectivity index (χ3n) is 3.80. The average molecular weight is 268 g/mol. The molecule has 0 N–H and O–H groups in total. The summed E-state index contributed by atoms with van der Waals surface area (Å²) in [6.07, 6.45) is 1.10. The van der Waals surface area contributed by atoms with Crippen LogP contribution in [0.3, 0.4) is 0 Å². The van der Waals surface area contributed by atoms with Gasteiger partial charge in [-0.15, -0.1) is 11.3 Å².